The summed E-state index contributed by atoms with van der Waals surface area (Å²) in [6.45, 7) is 8.66. The van der Waals surface area contributed by atoms with Gasteiger partial charge in [-0.2, -0.15) is 0 Å². The molecule has 0 aliphatic carbocycles. The van der Waals surface area contributed by atoms with E-state index in [1.807, 2.05) is 13.8 Å². The van der Waals surface area contributed by atoms with Crippen molar-refractivity contribution in [3.63, 3.8) is 0 Å². The molecule has 4 atom stereocenters. The Bertz CT molecular complexity index is 1300. The number of H-pyrrole nitrogens is 2. The molecule has 0 saturated heterocycles. The van der Waals surface area contributed by atoms with Gasteiger partial charge in [-0.25, -0.2) is 9.97 Å². The number of aliphatic carboxylic acids is 1. The largest absolute Gasteiger partial charge is 0.480 e. The van der Waals surface area contributed by atoms with Gasteiger partial charge in [0.2, 0.25) is 0 Å². The van der Waals surface area contributed by atoms with Crippen LogP contribution in [0.3, 0.4) is 0 Å². The highest BCUT2D eigenvalue weighted by molar-refractivity contribution is 6.06. The minimum atomic E-state index is -1.24. The van der Waals surface area contributed by atoms with Gasteiger partial charge in [0.05, 0.1) is 25.2 Å². The smallest absolute Gasteiger partial charge is 0.325 e. The first-order valence-corrected chi connectivity index (χ1v) is 13.7. The van der Waals surface area contributed by atoms with Crippen molar-refractivity contribution in [1.29, 1.82) is 0 Å². The number of carboxylic acids is 1. The van der Waals surface area contributed by atoms with Crippen molar-refractivity contribution >= 4 is 35.4 Å². The zero-order valence-corrected chi connectivity index (χ0v) is 24.7. The minimum Gasteiger partial charge on any atom is -0.480 e. The van der Waals surface area contributed by atoms with E-state index < -0.39 is 47.7 Å². The molecular weight excluding hydrogens is 564 g/mol. The molecule has 236 valence electrons. The topological polar surface area (TPSA) is 266 Å². The van der Waals surface area contributed by atoms with Crippen molar-refractivity contribution in [2.45, 2.75) is 65.2 Å². The molecule has 2 rings (SSSR count). The fourth-order valence-corrected chi connectivity index (χ4v) is 3.90. The third-order valence-electron chi connectivity index (χ3n) is 6.21. The van der Waals surface area contributed by atoms with E-state index in [4.69, 9.17) is 10.8 Å². The molecule has 2 heterocycles. The predicted octanol–water partition coefficient (Wildman–Crippen LogP) is -1.47. The summed E-state index contributed by atoms with van der Waals surface area (Å²) in [6, 6.07) is -2.88. The van der Waals surface area contributed by atoms with Crippen molar-refractivity contribution in [2.24, 2.45) is 11.7 Å². The quantitative estimate of drug-likeness (QED) is 0.101. The summed E-state index contributed by atoms with van der Waals surface area (Å²) in [5, 5.41) is 22.0. The first-order chi connectivity index (χ1) is 20.2. The third kappa shape index (κ3) is 10.3. The summed E-state index contributed by atoms with van der Waals surface area (Å²) < 4.78 is 0. The Morgan fingerprint density at radius 2 is 1.30 bits per heavy atom. The first-order valence-electron chi connectivity index (χ1n) is 13.7. The van der Waals surface area contributed by atoms with E-state index in [0.717, 1.165) is 6.33 Å². The molecule has 17 heteroatoms. The average molecular weight is 605 g/mol. The van der Waals surface area contributed by atoms with Crippen LogP contribution in [-0.4, -0.2) is 104 Å². The Morgan fingerprint density at radius 1 is 0.791 bits per heavy atom. The predicted molar refractivity (Wildman–Crippen MR) is 153 cm³/mol. The molecule has 0 aliphatic rings. The fraction of sp³-hybridized carbons (Fsp3) is 0.538. The van der Waals surface area contributed by atoms with Gasteiger partial charge in [-0.3, -0.25) is 28.8 Å². The maximum absolute atomic E-state index is 12.8. The minimum absolute atomic E-state index is 0.0920. The molecule has 0 fully saturated rings. The number of aromatic amines is 2. The summed E-state index contributed by atoms with van der Waals surface area (Å²) in [5.41, 5.74) is 5.12. The Hall–Kier alpha value is -4.64. The Balaban J connectivity index is 1.85. The van der Waals surface area contributed by atoms with E-state index in [-0.39, 0.29) is 54.2 Å². The Morgan fingerprint density at radius 3 is 1.79 bits per heavy atom. The number of nitrogens with zero attached hydrogens (tertiary/aromatic N) is 2. The van der Waals surface area contributed by atoms with Gasteiger partial charge >= 0.3 is 5.97 Å². The fourth-order valence-electron chi connectivity index (χ4n) is 3.90. The molecule has 2 aromatic rings. The van der Waals surface area contributed by atoms with Crippen LogP contribution in [-0.2, 0) is 9.59 Å². The van der Waals surface area contributed by atoms with Gasteiger partial charge in [0.15, 0.2) is 17.2 Å². The number of carboxylic acid groups (broad SMARTS) is 1. The maximum Gasteiger partial charge on any atom is 0.325 e. The molecular formula is C26H40N10O7. The summed E-state index contributed by atoms with van der Waals surface area (Å²) in [4.78, 5) is 86.9. The van der Waals surface area contributed by atoms with Crippen molar-refractivity contribution in [2.75, 3.05) is 19.6 Å². The number of ketones is 1. The lowest BCUT2D eigenvalue weighted by atomic mass is 10.0. The molecule has 0 spiro atoms. The highest BCUT2D eigenvalue weighted by Gasteiger charge is 2.26. The van der Waals surface area contributed by atoms with Crippen LogP contribution in [0.2, 0.25) is 0 Å². The lowest BCUT2D eigenvalue weighted by Crippen LogP contribution is -2.46. The van der Waals surface area contributed by atoms with Crippen molar-refractivity contribution in [3.8, 4) is 0 Å². The van der Waals surface area contributed by atoms with Crippen LogP contribution in [0.1, 0.15) is 83.0 Å². The maximum atomic E-state index is 12.8. The van der Waals surface area contributed by atoms with Gasteiger partial charge in [-0.05, 0) is 33.1 Å². The van der Waals surface area contributed by atoms with E-state index in [9.17, 15) is 28.8 Å². The second kappa shape index (κ2) is 16.1. The normalized spacial score (nSPS) is 13.8. The zero-order chi connectivity index (χ0) is 32.3. The standard InChI is InChI=1S/C26H40N10O7/c1-12(2)6-16(7-27)36-25(41)21-20(31-11-32-21)23(39)34-14(4)17(37)9-28-8-13(3)33-22(38)18-19(30-10-29-18)24(40)35-15(5)26(42)43/h10-16,28H,6-9,27H2,1-5H3,(H,29,30)(H,31,32)(H,33,38)(H,34,39)(H,35,40)(H,36,41)(H,42,43)/t13-,14-,15-,16-/m0/s1. The SMILES string of the molecule is CC(C)C[C@@H](CN)NC(=O)c1nc[nH]c1C(=O)N[C@@H](C)C(=O)CNC[C@H](C)NC(=O)c1nc[nH]c1C(=O)N[C@@H](C)C(=O)O. The van der Waals surface area contributed by atoms with E-state index in [1.165, 1.54) is 20.2 Å². The van der Waals surface area contributed by atoms with Gasteiger partial charge in [0.1, 0.15) is 17.4 Å². The highest BCUT2D eigenvalue weighted by Crippen LogP contribution is 2.08. The molecule has 10 N–H and O–H groups in total. The second-order valence-corrected chi connectivity index (χ2v) is 10.5. The molecule has 17 nitrogen and oxygen atoms in total. The van der Waals surface area contributed by atoms with Gasteiger partial charge in [0.25, 0.3) is 23.6 Å². The van der Waals surface area contributed by atoms with Crippen LogP contribution < -0.4 is 32.3 Å². The van der Waals surface area contributed by atoms with E-state index in [2.05, 4.69) is 46.5 Å². The number of hydrogen-bond donors (Lipinski definition) is 9. The molecule has 0 bridgehead atoms. The average Bonchev–Trinajstić information content (AvgIpc) is 3.62. The van der Waals surface area contributed by atoms with Crippen LogP contribution in [0, 0.1) is 5.92 Å². The number of rotatable bonds is 17. The summed E-state index contributed by atoms with van der Waals surface area (Å²) in [6.07, 6.45) is 3.00. The van der Waals surface area contributed by atoms with Gasteiger partial charge in [-0.15, -0.1) is 0 Å². The Kier molecular flexibility index (Phi) is 13.0. The van der Waals surface area contributed by atoms with E-state index in [0.29, 0.717) is 12.3 Å². The molecule has 4 amide bonds. The number of carbonyl (C=O) groups is 6. The monoisotopic (exact) mass is 604 g/mol. The van der Waals surface area contributed by atoms with Gasteiger partial charge in [-0.1, -0.05) is 13.8 Å². The number of nitrogens with two attached hydrogens (primary N) is 1. The van der Waals surface area contributed by atoms with Crippen LogP contribution in [0.5, 0.6) is 0 Å². The van der Waals surface area contributed by atoms with Crippen LogP contribution in [0.25, 0.3) is 0 Å². The number of imidazole rings is 2. The van der Waals surface area contributed by atoms with Crippen LogP contribution >= 0.6 is 0 Å². The van der Waals surface area contributed by atoms with Crippen molar-refractivity contribution in [1.82, 2.24) is 46.5 Å². The van der Waals surface area contributed by atoms with Gasteiger partial charge in [0, 0.05) is 25.2 Å². The molecule has 2 aromatic heterocycles. The molecule has 0 aromatic carbocycles. The van der Waals surface area contributed by atoms with Gasteiger partial charge < -0.3 is 47.4 Å². The molecule has 0 saturated carbocycles. The number of nitrogens with one attached hydrogen (secondary N) is 7. The molecule has 43 heavy (non-hydrogen) atoms. The number of aromatic nitrogens is 4. The Labute approximate surface area is 247 Å². The summed E-state index contributed by atoms with van der Waals surface area (Å²) in [5.74, 6) is -4.04. The zero-order valence-electron chi connectivity index (χ0n) is 24.7. The second-order valence-electron chi connectivity index (χ2n) is 10.5. The van der Waals surface area contributed by atoms with Crippen molar-refractivity contribution in [3.05, 3.63) is 35.4 Å². The van der Waals surface area contributed by atoms with Crippen LogP contribution in [0.4, 0.5) is 0 Å². The first kappa shape index (κ1) is 34.6. The van der Waals surface area contributed by atoms with E-state index in [1.54, 1.807) is 6.92 Å². The summed E-state index contributed by atoms with van der Waals surface area (Å²) in [7, 11) is 0. The van der Waals surface area contributed by atoms with Crippen molar-refractivity contribution < 1.29 is 33.9 Å². The number of Topliss-reactive ketones (excluding diaryl/α,β-unsaturated/α-hetero) is 1. The molecule has 0 radical (unpaired) electrons. The lowest BCUT2D eigenvalue weighted by molar-refractivity contribution is -0.138. The molecule has 0 aliphatic heterocycles. The number of hydrogen-bond acceptors (Lipinski definition) is 10. The number of carbonyl (C=O) groups excluding carboxylic acids is 5. The lowest BCUT2D eigenvalue weighted by Gasteiger charge is -2.19. The third-order valence-corrected chi connectivity index (χ3v) is 6.21. The summed E-state index contributed by atoms with van der Waals surface area (Å²) >= 11 is 0. The molecule has 0 unspecified atom stereocenters. The number of amides is 4. The van der Waals surface area contributed by atoms with Crippen LogP contribution in [0.15, 0.2) is 12.7 Å². The van der Waals surface area contributed by atoms with E-state index >= 15 is 0 Å². The highest BCUT2D eigenvalue weighted by atomic mass is 16.4.